The average molecular weight is 231 g/mol. The monoisotopic (exact) mass is 231 g/mol. The van der Waals surface area contributed by atoms with Gasteiger partial charge in [-0.05, 0) is 43.9 Å². The number of nitrogen functional groups attached to an aromatic ring is 1. The largest absolute Gasteiger partial charge is 0.398 e. The molecule has 3 heteroatoms. The van der Waals surface area contributed by atoms with E-state index in [1.807, 2.05) is 6.92 Å². The summed E-state index contributed by atoms with van der Waals surface area (Å²) in [5.74, 6) is 0. The van der Waals surface area contributed by atoms with Crippen LogP contribution in [0.4, 0.5) is 11.4 Å². The topological polar surface area (TPSA) is 41.3 Å². The summed E-state index contributed by atoms with van der Waals surface area (Å²) in [6, 6.07) is 7.76. The van der Waals surface area contributed by atoms with Crippen LogP contribution in [0.25, 0.3) is 0 Å². The standard InChI is InChI=1S/C14H21N3/c1-10-2-3-11(8-14(10)15)16-12-6-7-17(9-12)13-4-5-13/h2-3,8,12-13,16H,4-7,9,15H2,1H3. The fourth-order valence-corrected chi connectivity index (χ4v) is 2.64. The molecule has 3 N–H and O–H groups in total. The zero-order valence-corrected chi connectivity index (χ0v) is 10.4. The molecule has 2 fully saturated rings. The second-order valence-corrected chi connectivity index (χ2v) is 5.43. The third kappa shape index (κ3) is 2.39. The minimum absolute atomic E-state index is 0.595. The van der Waals surface area contributed by atoms with Gasteiger partial charge in [0.05, 0.1) is 0 Å². The van der Waals surface area contributed by atoms with E-state index in [2.05, 4.69) is 28.4 Å². The van der Waals surface area contributed by atoms with Crippen LogP contribution in [-0.4, -0.2) is 30.1 Å². The third-order valence-corrected chi connectivity index (χ3v) is 3.93. The molecule has 0 bridgehead atoms. The Hall–Kier alpha value is -1.22. The first-order valence-corrected chi connectivity index (χ1v) is 6.59. The summed E-state index contributed by atoms with van der Waals surface area (Å²) >= 11 is 0. The van der Waals surface area contributed by atoms with Gasteiger partial charge in [-0.25, -0.2) is 0 Å². The van der Waals surface area contributed by atoms with E-state index in [9.17, 15) is 0 Å². The number of likely N-dealkylation sites (tertiary alicyclic amines) is 1. The molecule has 3 nitrogen and oxygen atoms in total. The Morgan fingerprint density at radius 3 is 2.82 bits per heavy atom. The summed E-state index contributed by atoms with van der Waals surface area (Å²) in [5, 5.41) is 3.60. The van der Waals surface area contributed by atoms with Crippen LogP contribution in [0.1, 0.15) is 24.8 Å². The van der Waals surface area contributed by atoms with Crippen LogP contribution in [0.2, 0.25) is 0 Å². The van der Waals surface area contributed by atoms with Crippen molar-refractivity contribution in [3.05, 3.63) is 23.8 Å². The maximum atomic E-state index is 5.93. The van der Waals surface area contributed by atoms with Crippen LogP contribution < -0.4 is 11.1 Å². The summed E-state index contributed by atoms with van der Waals surface area (Å²) < 4.78 is 0. The lowest BCUT2D eigenvalue weighted by Gasteiger charge is -2.17. The van der Waals surface area contributed by atoms with Crippen LogP contribution in [-0.2, 0) is 0 Å². The fraction of sp³-hybridized carbons (Fsp3) is 0.571. The molecule has 3 rings (SSSR count). The van der Waals surface area contributed by atoms with Crippen LogP contribution in [0, 0.1) is 6.92 Å². The Morgan fingerprint density at radius 1 is 1.29 bits per heavy atom. The van der Waals surface area contributed by atoms with Crippen molar-refractivity contribution in [2.75, 3.05) is 24.1 Å². The number of benzene rings is 1. The molecule has 0 spiro atoms. The predicted molar refractivity (Wildman–Crippen MR) is 72.2 cm³/mol. The molecular formula is C14H21N3. The van der Waals surface area contributed by atoms with Crippen molar-refractivity contribution >= 4 is 11.4 Å². The molecule has 0 aromatic heterocycles. The first-order chi connectivity index (χ1) is 8.22. The van der Waals surface area contributed by atoms with Gasteiger partial charge in [0.25, 0.3) is 0 Å². The van der Waals surface area contributed by atoms with Gasteiger partial charge in [0.15, 0.2) is 0 Å². The first kappa shape index (κ1) is 10.9. The smallest absolute Gasteiger partial charge is 0.0400 e. The molecule has 1 atom stereocenters. The van der Waals surface area contributed by atoms with E-state index in [1.165, 1.54) is 32.4 Å². The predicted octanol–water partition coefficient (Wildman–Crippen LogP) is 2.23. The molecule has 2 aliphatic rings. The molecule has 1 aromatic rings. The quantitative estimate of drug-likeness (QED) is 0.784. The summed E-state index contributed by atoms with van der Waals surface area (Å²) in [7, 11) is 0. The highest BCUT2D eigenvalue weighted by molar-refractivity contribution is 5.58. The number of nitrogens with two attached hydrogens (primary N) is 1. The molecule has 0 radical (unpaired) electrons. The molecule has 0 amide bonds. The van der Waals surface area contributed by atoms with Crippen LogP contribution in [0.5, 0.6) is 0 Å². The Labute approximate surface area is 103 Å². The molecule has 1 aromatic carbocycles. The molecule has 1 aliphatic heterocycles. The zero-order chi connectivity index (χ0) is 11.8. The second kappa shape index (κ2) is 4.22. The average Bonchev–Trinajstić information content (AvgIpc) is 3.06. The first-order valence-electron chi connectivity index (χ1n) is 6.59. The van der Waals surface area contributed by atoms with E-state index in [1.54, 1.807) is 0 Å². The van der Waals surface area contributed by atoms with Crippen molar-refractivity contribution in [1.82, 2.24) is 4.90 Å². The summed E-state index contributed by atoms with van der Waals surface area (Å²) in [6.45, 7) is 4.49. The minimum atomic E-state index is 0.595. The molecule has 1 heterocycles. The highest BCUT2D eigenvalue weighted by atomic mass is 15.2. The Balaban J connectivity index is 1.61. The SMILES string of the molecule is Cc1ccc(NC2CCN(C3CC3)C2)cc1N. The van der Waals surface area contributed by atoms with Crippen LogP contribution in [0.15, 0.2) is 18.2 Å². The van der Waals surface area contributed by atoms with E-state index in [0.717, 1.165) is 23.0 Å². The van der Waals surface area contributed by atoms with Crippen molar-refractivity contribution in [3.63, 3.8) is 0 Å². The molecule has 1 saturated carbocycles. The molecule has 1 aliphatic carbocycles. The summed E-state index contributed by atoms with van der Waals surface area (Å²) in [4.78, 5) is 2.62. The van der Waals surface area contributed by atoms with Crippen LogP contribution >= 0.6 is 0 Å². The lowest BCUT2D eigenvalue weighted by atomic mass is 10.1. The van der Waals surface area contributed by atoms with Gasteiger partial charge in [0.2, 0.25) is 0 Å². The second-order valence-electron chi connectivity index (χ2n) is 5.43. The lowest BCUT2D eigenvalue weighted by Crippen LogP contribution is -2.27. The van der Waals surface area contributed by atoms with Crippen molar-refractivity contribution in [3.8, 4) is 0 Å². The van der Waals surface area contributed by atoms with E-state index in [0.29, 0.717) is 6.04 Å². The lowest BCUT2D eigenvalue weighted by molar-refractivity contribution is 0.326. The molecule has 1 unspecified atom stereocenters. The van der Waals surface area contributed by atoms with Crippen LogP contribution in [0.3, 0.4) is 0 Å². The van der Waals surface area contributed by atoms with Gasteiger partial charge in [-0.2, -0.15) is 0 Å². The Morgan fingerprint density at radius 2 is 2.12 bits per heavy atom. The summed E-state index contributed by atoms with van der Waals surface area (Å²) in [5.41, 5.74) is 9.13. The molecule has 17 heavy (non-hydrogen) atoms. The number of rotatable bonds is 3. The van der Waals surface area contributed by atoms with Crippen molar-refractivity contribution in [2.24, 2.45) is 0 Å². The number of hydrogen-bond donors (Lipinski definition) is 2. The molecule has 92 valence electrons. The van der Waals surface area contributed by atoms with Crippen molar-refractivity contribution in [1.29, 1.82) is 0 Å². The number of hydrogen-bond acceptors (Lipinski definition) is 3. The molecule has 1 saturated heterocycles. The van der Waals surface area contributed by atoms with Gasteiger partial charge in [0, 0.05) is 36.5 Å². The minimum Gasteiger partial charge on any atom is -0.398 e. The van der Waals surface area contributed by atoms with Gasteiger partial charge in [-0.3, -0.25) is 4.90 Å². The number of nitrogens with one attached hydrogen (secondary N) is 1. The van der Waals surface area contributed by atoms with E-state index in [-0.39, 0.29) is 0 Å². The number of aryl methyl sites for hydroxylation is 1. The molecular weight excluding hydrogens is 210 g/mol. The van der Waals surface area contributed by atoms with Crippen molar-refractivity contribution < 1.29 is 0 Å². The van der Waals surface area contributed by atoms with Gasteiger partial charge in [0.1, 0.15) is 0 Å². The van der Waals surface area contributed by atoms with Gasteiger partial charge in [-0.15, -0.1) is 0 Å². The van der Waals surface area contributed by atoms with E-state index in [4.69, 9.17) is 5.73 Å². The maximum absolute atomic E-state index is 5.93. The van der Waals surface area contributed by atoms with Crippen molar-refractivity contribution in [2.45, 2.75) is 38.3 Å². The van der Waals surface area contributed by atoms with Gasteiger partial charge in [-0.1, -0.05) is 6.07 Å². The fourth-order valence-electron chi connectivity index (χ4n) is 2.64. The number of anilines is 2. The highest BCUT2D eigenvalue weighted by Crippen LogP contribution is 2.30. The van der Waals surface area contributed by atoms with Gasteiger partial charge < -0.3 is 11.1 Å². The normalized spacial score (nSPS) is 25.1. The number of nitrogens with zero attached hydrogens (tertiary/aromatic N) is 1. The maximum Gasteiger partial charge on any atom is 0.0400 e. The van der Waals surface area contributed by atoms with E-state index >= 15 is 0 Å². The summed E-state index contributed by atoms with van der Waals surface area (Å²) in [6.07, 6.45) is 4.07. The van der Waals surface area contributed by atoms with Gasteiger partial charge >= 0.3 is 0 Å². The third-order valence-electron chi connectivity index (χ3n) is 3.93. The Bertz CT molecular complexity index is 412. The van der Waals surface area contributed by atoms with E-state index < -0.39 is 0 Å². The zero-order valence-electron chi connectivity index (χ0n) is 10.4. The highest BCUT2D eigenvalue weighted by Gasteiger charge is 2.34. The Kier molecular flexibility index (Phi) is 2.71.